The van der Waals surface area contributed by atoms with E-state index in [1.165, 1.54) is 23.3 Å². The first kappa shape index (κ1) is 14.6. The van der Waals surface area contributed by atoms with Gasteiger partial charge in [0, 0.05) is 30.1 Å². The number of piperidine rings is 1. The maximum absolute atomic E-state index is 13.1. The third kappa shape index (κ3) is 2.56. The standard InChI is InChI=1S/C18H24N2OS/c1-20(14-10-12-6-7-13(11-14)19-12)18(21)16-8-9-22-17-5-3-2-4-15(16)17/h2-5,12-14,16,19H,6-11H2,1H3. The van der Waals surface area contributed by atoms with Gasteiger partial charge in [0.1, 0.15) is 0 Å². The summed E-state index contributed by atoms with van der Waals surface area (Å²) in [5.41, 5.74) is 1.24. The third-order valence-electron chi connectivity index (χ3n) is 5.60. The van der Waals surface area contributed by atoms with Gasteiger partial charge < -0.3 is 10.2 Å². The second-order valence-electron chi connectivity index (χ2n) is 6.94. The van der Waals surface area contributed by atoms with E-state index in [9.17, 15) is 4.79 Å². The molecule has 3 unspecified atom stereocenters. The van der Waals surface area contributed by atoms with Crippen molar-refractivity contribution in [2.24, 2.45) is 0 Å². The first-order valence-electron chi connectivity index (χ1n) is 8.47. The minimum atomic E-state index is 0.0648. The van der Waals surface area contributed by atoms with Crippen LogP contribution in [0.4, 0.5) is 0 Å². The predicted molar refractivity (Wildman–Crippen MR) is 90.3 cm³/mol. The molecule has 3 aliphatic heterocycles. The molecule has 22 heavy (non-hydrogen) atoms. The van der Waals surface area contributed by atoms with Gasteiger partial charge in [-0.05, 0) is 49.5 Å². The van der Waals surface area contributed by atoms with E-state index in [2.05, 4.69) is 34.5 Å². The van der Waals surface area contributed by atoms with Crippen LogP contribution in [0.3, 0.4) is 0 Å². The Bertz CT molecular complexity index is 564. The molecule has 0 radical (unpaired) electrons. The predicted octanol–water partition coefficient (Wildman–Crippen LogP) is 3.01. The number of rotatable bonds is 2. The quantitative estimate of drug-likeness (QED) is 0.910. The number of fused-ring (bicyclic) bond motifs is 3. The minimum absolute atomic E-state index is 0.0648. The minimum Gasteiger partial charge on any atom is -0.342 e. The number of amides is 1. The van der Waals surface area contributed by atoms with Gasteiger partial charge in [0.15, 0.2) is 0 Å². The van der Waals surface area contributed by atoms with Crippen molar-refractivity contribution in [3.8, 4) is 0 Å². The molecule has 0 aliphatic carbocycles. The fourth-order valence-electron chi connectivity index (χ4n) is 4.37. The van der Waals surface area contributed by atoms with Crippen molar-refractivity contribution in [2.45, 2.75) is 61.0 Å². The zero-order valence-electron chi connectivity index (χ0n) is 13.1. The van der Waals surface area contributed by atoms with Crippen molar-refractivity contribution in [3.05, 3.63) is 29.8 Å². The molecule has 2 saturated heterocycles. The van der Waals surface area contributed by atoms with Gasteiger partial charge in [-0.3, -0.25) is 4.79 Å². The summed E-state index contributed by atoms with van der Waals surface area (Å²) in [5.74, 6) is 1.45. The van der Waals surface area contributed by atoms with Crippen LogP contribution in [-0.4, -0.2) is 41.7 Å². The van der Waals surface area contributed by atoms with Gasteiger partial charge in [-0.2, -0.15) is 0 Å². The Morgan fingerprint density at radius 3 is 2.68 bits per heavy atom. The number of hydrogen-bond acceptors (Lipinski definition) is 3. The zero-order chi connectivity index (χ0) is 15.1. The van der Waals surface area contributed by atoms with E-state index >= 15 is 0 Å². The number of benzene rings is 1. The Morgan fingerprint density at radius 2 is 1.91 bits per heavy atom. The molecule has 0 saturated carbocycles. The van der Waals surface area contributed by atoms with Gasteiger partial charge in [-0.25, -0.2) is 0 Å². The molecule has 1 N–H and O–H groups in total. The van der Waals surface area contributed by atoms with Crippen molar-refractivity contribution >= 4 is 17.7 Å². The lowest BCUT2D eigenvalue weighted by Gasteiger charge is -2.38. The van der Waals surface area contributed by atoms with Crippen molar-refractivity contribution in [3.63, 3.8) is 0 Å². The third-order valence-corrected chi connectivity index (χ3v) is 6.72. The normalized spacial score (nSPS) is 33.3. The maximum atomic E-state index is 13.1. The molecule has 118 valence electrons. The summed E-state index contributed by atoms with van der Waals surface area (Å²) in [6.45, 7) is 0. The highest BCUT2D eigenvalue weighted by Crippen LogP contribution is 2.39. The fourth-order valence-corrected chi connectivity index (χ4v) is 5.49. The Hall–Kier alpha value is -1.00. The smallest absolute Gasteiger partial charge is 0.230 e. The van der Waals surface area contributed by atoms with Crippen molar-refractivity contribution < 1.29 is 4.79 Å². The number of nitrogens with one attached hydrogen (secondary N) is 1. The molecule has 3 heterocycles. The SMILES string of the molecule is CN(C(=O)C1CCSc2ccccc21)C1CC2CCC(C1)N2. The van der Waals surface area contributed by atoms with Crippen LogP contribution >= 0.6 is 11.8 Å². The number of carbonyl (C=O) groups excluding carboxylic acids is 1. The summed E-state index contributed by atoms with van der Waals surface area (Å²) in [4.78, 5) is 16.5. The molecular formula is C18H24N2OS. The van der Waals surface area contributed by atoms with Crippen LogP contribution in [-0.2, 0) is 4.79 Å². The zero-order valence-corrected chi connectivity index (χ0v) is 13.9. The Balaban J connectivity index is 1.52. The first-order chi connectivity index (χ1) is 10.7. The lowest BCUT2D eigenvalue weighted by atomic mass is 9.92. The fraction of sp³-hybridized carbons (Fsp3) is 0.611. The summed E-state index contributed by atoms with van der Waals surface area (Å²) in [6.07, 6.45) is 5.80. The molecule has 2 bridgehead atoms. The van der Waals surface area contributed by atoms with E-state index in [-0.39, 0.29) is 5.92 Å². The summed E-state index contributed by atoms with van der Waals surface area (Å²) in [6, 6.07) is 10.1. The van der Waals surface area contributed by atoms with Crippen molar-refractivity contribution in [2.75, 3.05) is 12.8 Å². The molecule has 0 aromatic heterocycles. The van der Waals surface area contributed by atoms with E-state index in [0.29, 0.717) is 24.0 Å². The Morgan fingerprint density at radius 1 is 1.18 bits per heavy atom. The monoisotopic (exact) mass is 316 g/mol. The van der Waals surface area contributed by atoms with E-state index in [0.717, 1.165) is 25.0 Å². The Labute approximate surface area is 136 Å². The van der Waals surface area contributed by atoms with Crippen LogP contribution in [0.5, 0.6) is 0 Å². The van der Waals surface area contributed by atoms with E-state index in [1.807, 2.05) is 18.8 Å². The summed E-state index contributed by atoms with van der Waals surface area (Å²) in [7, 11) is 2.03. The average molecular weight is 316 g/mol. The summed E-state index contributed by atoms with van der Waals surface area (Å²) in [5, 5.41) is 3.67. The van der Waals surface area contributed by atoms with Gasteiger partial charge in [-0.15, -0.1) is 11.8 Å². The lowest BCUT2D eigenvalue weighted by molar-refractivity contribution is -0.134. The molecule has 0 spiro atoms. The van der Waals surface area contributed by atoms with Crippen LogP contribution in [0.1, 0.15) is 43.6 Å². The highest BCUT2D eigenvalue weighted by molar-refractivity contribution is 7.99. The number of hydrogen-bond donors (Lipinski definition) is 1. The topological polar surface area (TPSA) is 32.3 Å². The first-order valence-corrected chi connectivity index (χ1v) is 9.45. The van der Waals surface area contributed by atoms with Crippen molar-refractivity contribution in [1.29, 1.82) is 0 Å². The maximum Gasteiger partial charge on any atom is 0.230 e. The van der Waals surface area contributed by atoms with E-state index in [4.69, 9.17) is 0 Å². The molecule has 3 aliphatic rings. The van der Waals surface area contributed by atoms with Gasteiger partial charge in [0.05, 0.1) is 5.92 Å². The van der Waals surface area contributed by atoms with Crippen LogP contribution < -0.4 is 5.32 Å². The Kier molecular flexibility index (Phi) is 3.91. The van der Waals surface area contributed by atoms with Crippen LogP contribution in [0, 0.1) is 0 Å². The van der Waals surface area contributed by atoms with Gasteiger partial charge in [-0.1, -0.05) is 18.2 Å². The summed E-state index contributed by atoms with van der Waals surface area (Å²) >= 11 is 1.89. The molecule has 1 aromatic rings. The number of carbonyl (C=O) groups is 1. The molecule has 4 heteroatoms. The molecule has 3 atom stereocenters. The van der Waals surface area contributed by atoms with E-state index < -0.39 is 0 Å². The highest BCUT2D eigenvalue weighted by atomic mass is 32.2. The molecule has 4 rings (SSSR count). The largest absolute Gasteiger partial charge is 0.342 e. The number of thioether (sulfide) groups is 1. The van der Waals surface area contributed by atoms with Crippen LogP contribution in [0.25, 0.3) is 0 Å². The van der Waals surface area contributed by atoms with Gasteiger partial charge in [0.2, 0.25) is 5.91 Å². The van der Waals surface area contributed by atoms with Crippen LogP contribution in [0.2, 0.25) is 0 Å². The molecule has 1 amide bonds. The molecule has 2 fully saturated rings. The summed E-state index contributed by atoms with van der Waals surface area (Å²) < 4.78 is 0. The van der Waals surface area contributed by atoms with Crippen LogP contribution in [0.15, 0.2) is 29.2 Å². The molecule has 1 aromatic carbocycles. The molecule has 3 nitrogen and oxygen atoms in total. The van der Waals surface area contributed by atoms with Gasteiger partial charge >= 0.3 is 0 Å². The van der Waals surface area contributed by atoms with Gasteiger partial charge in [0.25, 0.3) is 0 Å². The lowest BCUT2D eigenvalue weighted by Crippen LogP contribution is -2.49. The highest BCUT2D eigenvalue weighted by Gasteiger charge is 2.38. The van der Waals surface area contributed by atoms with Crippen molar-refractivity contribution in [1.82, 2.24) is 10.2 Å². The number of nitrogens with zero attached hydrogens (tertiary/aromatic N) is 1. The molecular weight excluding hydrogens is 292 g/mol. The second-order valence-corrected chi connectivity index (χ2v) is 8.08. The number of likely N-dealkylation sites (N-methyl/N-ethyl adjacent to an activating group) is 1. The second kappa shape index (κ2) is 5.89. The van der Waals surface area contributed by atoms with E-state index in [1.54, 1.807) is 0 Å². The average Bonchev–Trinajstić information content (AvgIpc) is 2.91.